The summed E-state index contributed by atoms with van der Waals surface area (Å²) >= 11 is 0. The van der Waals surface area contributed by atoms with Gasteiger partial charge in [0.1, 0.15) is 5.60 Å². The van der Waals surface area contributed by atoms with Crippen molar-refractivity contribution < 1.29 is 14.3 Å². The smallest absolute Gasteiger partial charge is 0.407 e. The molecule has 5 heteroatoms. The minimum absolute atomic E-state index is 0.346. The van der Waals surface area contributed by atoms with Crippen LogP contribution in [0.3, 0.4) is 0 Å². The molecule has 5 nitrogen and oxygen atoms in total. The van der Waals surface area contributed by atoms with Crippen molar-refractivity contribution in [2.24, 2.45) is 5.41 Å². The predicted octanol–water partition coefficient (Wildman–Crippen LogP) is 1.28. The van der Waals surface area contributed by atoms with Crippen LogP contribution in [-0.2, 0) is 9.47 Å². The minimum atomic E-state index is -0.428. The summed E-state index contributed by atoms with van der Waals surface area (Å²) in [6.07, 6.45) is 2.07. The Balaban J connectivity index is 1.48. The Morgan fingerprint density at radius 3 is 2.50 bits per heavy atom. The summed E-state index contributed by atoms with van der Waals surface area (Å²) in [5.41, 5.74) is 0.0678. The molecule has 2 fully saturated rings. The number of carbonyl (C=O) groups excluding carboxylic acids is 1. The van der Waals surface area contributed by atoms with E-state index < -0.39 is 5.60 Å². The molecule has 1 saturated carbocycles. The standard InChI is InChI=1S/C13H24N2O3/c1-12(2,3)18-11(16)15-5-4-14-10-6-13(7-10)8-17-9-13/h10,14H,4-9H2,1-3H3,(H,15,16). The largest absolute Gasteiger partial charge is 0.444 e. The van der Waals surface area contributed by atoms with Gasteiger partial charge in [-0.3, -0.25) is 0 Å². The molecule has 0 atom stereocenters. The summed E-state index contributed by atoms with van der Waals surface area (Å²) < 4.78 is 10.4. The number of amides is 1. The van der Waals surface area contributed by atoms with Gasteiger partial charge in [0.2, 0.25) is 0 Å². The lowest BCUT2D eigenvalue weighted by atomic mass is 9.64. The first-order chi connectivity index (χ1) is 8.39. The summed E-state index contributed by atoms with van der Waals surface area (Å²) in [7, 11) is 0. The van der Waals surface area contributed by atoms with Gasteiger partial charge in [0.15, 0.2) is 0 Å². The molecule has 1 aliphatic heterocycles. The SMILES string of the molecule is CC(C)(C)OC(=O)NCCNC1CC2(COC2)C1. The molecular formula is C13H24N2O3. The highest BCUT2D eigenvalue weighted by Gasteiger charge is 2.49. The Bertz CT molecular complexity index is 300. The van der Waals surface area contributed by atoms with Crippen LogP contribution < -0.4 is 10.6 Å². The van der Waals surface area contributed by atoms with Crippen molar-refractivity contribution in [1.29, 1.82) is 0 Å². The summed E-state index contributed by atoms with van der Waals surface area (Å²) in [4.78, 5) is 11.4. The van der Waals surface area contributed by atoms with Crippen LogP contribution in [0, 0.1) is 5.41 Å². The Morgan fingerprint density at radius 1 is 1.33 bits per heavy atom. The van der Waals surface area contributed by atoms with Crippen LogP contribution in [-0.4, -0.2) is 44.0 Å². The molecule has 2 rings (SSSR count). The van der Waals surface area contributed by atoms with E-state index in [0.717, 1.165) is 19.8 Å². The third-order valence-electron chi connectivity index (χ3n) is 3.40. The molecule has 0 aromatic carbocycles. The van der Waals surface area contributed by atoms with Crippen LogP contribution in [0.2, 0.25) is 0 Å². The van der Waals surface area contributed by atoms with Gasteiger partial charge in [-0.05, 0) is 33.6 Å². The summed E-state index contributed by atoms with van der Waals surface area (Å²) in [5, 5.41) is 6.18. The monoisotopic (exact) mass is 256 g/mol. The van der Waals surface area contributed by atoms with Gasteiger partial charge in [-0.25, -0.2) is 4.79 Å². The lowest BCUT2D eigenvalue weighted by Gasteiger charge is -2.53. The van der Waals surface area contributed by atoms with E-state index in [2.05, 4.69) is 10.6 Å². The third-order valence-corrected chi connectivity index (χ3v) is 3.40. The molecule has 104 valence electrons. The second kappa shape index (κ2) is 5.05. The molecule has 2 aliphatic rings. The van der Waals surface area contributed by atoms with Gasteiger partial charge in [-0.15, -0.1) is 0 Å². The fraction of sp³-hybridized carbons (Fsp3) is 0.923. The zero-order chi connectivity index (χ0) is 13.2. The molecule has 0 bridgehead atoms. The molecule has 18 heavy (non-hydrogen) atoms. The Morgan fingerprint density at radius 2 is 2.00 bits per heavy atom. The number of rotatable bonds is 4. The molecule has 0 aromatic heterocycles. The minimum Gasteiger partial charge on any atom is -0.444 e. The van der Waals surface area contributed by atoms with Crippen molar-refractivity contribution >= 4 is 6.09 Å². The van der Waals surface area contributed by atoms with Crippen LogP contribution >= 0.6 is 0 Å². The first-order valence-corrected chi connectivity index (χ1v) is 6.67. The Hall–Kier alpha value is -0.810. The fourth-order valence-corrected chi connectivity index (χ4v) is 2.51. The lowest BCUT2D eigenvalue weighted by Crippen LogP contribution is -2.59. The molecule has 1 spiro atoms. The van der Waals surface area contributed by atoms with Gasteiger partial charge in [-0.1, -0.05) is 0 Å². The molecule has 0 radical (unpaired) electrons. The average molecular weight is 256 g/mol. The second-order valence-corrected chi connectivity index (χ2v) is 6.48. The van der Waals surface area contributed by atoms with Crippen molar-refractivity contribution in [2.45, 2.75) is 45.3 Å². The maximum Gasteiger partial charge on any atom is 0.407 e. The highest BCUT2D eigenvalue weighted by molar-refractivity contribution is 5.67. The number of ether oxygens (including phenoxy) is 2. The van der Waals surface area contributed by atoms with Crippen LogP contribution in [0.4, 0.5) is 4.79 Å². The molecule has 1 aliphatic carbocycles. The molecular weight excluding hydrogens is 232 g/mol. The maximum atomic E-state index is 11.4. The highest BCUT2D eigenvalue weighted by atomic mass is 16.6. The first kappa shape index (κ1) is 13.6. The van der Waals surface area contributed by atoms with E-state index in [1.54, 1.807) is 0 Å². The van der Waals surface area contributed by atoms with E-state index in [9.17, 15) is 4.79 Å². The van der Waals surface area contributed by atoms with Gasteiger partial charge in [0.05, 0.1) is 13.2 Å². The molecule has 0 aromatic rings. The maximum absolute atomic E-state index is 11.4. The lowest BCUT2D eigenvalue weighted by molar-refractivity contribution is -0.167. The van der Waals surface area contributed by atoms with Gasteiger partial charge < -0.3 is 20.1 Å². The highest BCUT2D eigenvalue weighted by Crippen LogP contribution is 2.46. The van der Waals surface area contributed by atoms with Gasteiger partial charge in [0, 0.05) is 24.5 Å². The Labute approximate surface area is 109 Å². The van der Waals surface area contributed by atoms with Crippen LogP contribution in [0.15, 0.2) is 0 Å². The van der Waals surface area contributed by atoms with Crippen molar-refractivity contribution in [2.75, 3.05) is 26.3 Å². The molecule has 0 unspecified atom stereocenters. The average Bonchev–Trinajstić information content (AvgIpc) is 2.08. The third kappa shape index (κ3) is 3.59. The zero-order valence-corrected chi connectivity index (χ0v) is 11.5. The van der Waals surface area contributed by atoms with E-state index in [0.29, 0.717) is 18.0 Å². The Kier molecular flexibility index (Phi) is 3.82. The van der Waals surface area contributed by atoms with E-state index in [4.69, 9.17) is 9.47 Å². The molecule has 1 heterocycles. The van der Waals surface area contributed by atoms with Crippen LogP contribution in [0.1, 0.15) is 33.6 Å². The van der Waals surface area contributed by atoms with Crippen LogP contribution in [0.25, 0.3) is 0 Å². The summed E-state index contributed by atoms with van der Waals surface area (Å²) in [6.45, 7) is 8.84. The van der Waals surface area contributed by atoms with Crippen molar-refractivity contribution in [3.05, 3.63) is 0 Å². The topological polar surface area (TPSA) is 59.6 Å². The van der Waals surface area contributed by atoms with Crippen molar-refractivity contribution in [3.63, 3.8) is 0 Å². The number of carbonyl (C=O) groups is 1. The van der Waals surface area contributed by atoms with Crippen LogP contribution in [0.5, 0.6) is 0 Å². The van der Waals surface area contributed by atoms with Gasteiger partial charge >= 0.3 is 6.09 Å². The van der Waals surface area contributed by atoms with E-state index in [1.807, 2.05) is 20.8 Å². The fourth-order valence-electron chi connectivity index (χ4n) is 2.51. The quantitative estimate of drug-likeness (QED) is 0.744. The van der Waals surface area contributed by atoms with E-state index >= 15 is 0 Å². The molecule has 2 N–H and O–H groups in total. The second-order valence-electron chi connectivity index (χ2n) is 6.48. The summed E-state index contributed by atoms with van der Waals surface area (Å²) in [5.74, 6) is 0. The number of hydrogen-bond acceptors (Lipinski definition) is 4. The number of hydrogen-bond donors (Lipinski definition) is 2. The zero-order valence-electron chi connectivity index (χ0n) is 11.5. The number of nitrogens with one attached hydrogen (secondary N) is 2. The van der Waals surface area contributed by atoms with Gasteiger partial charge in [-0.2, -0.15) is 0 Å². The van der Waals surface area contributed by atoms with Crippen molar-refractivity contribution in [1.82, 2.24) is 10.6 Å². The molecule has 1 amide bonds. The molecule has 1 saturated heterocycles. The summed E-state index contributed by atoms with van der Waals surface area (Å²) in [6, 6.07) is 0.592. The first-order valence-electron chi connectivity index (χ1n) is 6.67. The van der Waals surface area contributed by atoms with E-state index in [-0.39, 0.29) is 6.09 Å². The van der Waals surface area contributed by atoms with Crippen molar-refractivity contribution in [3.8, 4) is 0 Å². The normalized spacial score (nSPS) is 22.2. The van der Waals surface area contributed by atoms with Gasteiger partial charge in [0.25, 0.3) is 0 Å². The van der Waals surface area contributed by atoms with E-state index in [1.165, 1.54) is 12.8 Å². The predicted molar refractivity (Wildman–Crippen MR) is 68.5 cm³/mol. The number of alkyl carbamates (subject to hydrolysis) is 1.